The zero-order valence-corrected chi connectivity index (χ0v) is 9.24. The zero-order valence-electron chi connectivity index (χ0n) is 7.73. The van der Waals surface area contributed by atoms with E-state index in [0.29, 0.717) is 5.02 Å². The van der Waals surface area contributed by atoms with Gasteiger partial charge in [0.15, 0.2) is 0 Å². The molecule has 0 amide bonds. The molecule has 0 aliphatic heterocycles. The number of halogens is 2. The molecule has 3 nitrogen and oxygen atoms in total. The van der Waals surface area contributed by atoms with Gasteiger partial charge in [-0.25, -0.2) is 0 Å². The number of aliphatic hydroxyl groups is 1. The number of aliphatic imine (C=N–C) groups is 1. The molecule has 0 aromatic heterocycles. The first-order valence-corrected chi connectivity index (χ1v) is 4.98. The summed E-state index contributed by atoms with van der Waals surface area (Å²) in [6.07, 6.45) is 0.301. The Balaban J connectivity index is 2.51. The monoisotopic (exact) mass is 245 g/mol. The molecule has 0 bridgehead atoms. The summed E-state index contributed by atoms with van der Waals surface area (Å²) in [7, 11) is 0. The number of nitrogens with zero attached hydrogens (tertiary/aromatic N) is 1. The number of aliphatic hydroxyl groups excluding tert-OH is 1. The van der Waals surface area contributed by atoms with Crippen molar-refractivity contribution < 1.29 is 9.90 Å². The molecule has 15 heavy (non-hydrogen) atoms. The van der Waals surface area contributed by atoms with Crippen LogP contribution in [0, 0.1) is 0 Å². The number of benzene rings is 1. The van der Waals surface area contributed by atoms with Gasteiger partial charge in [-0.2, -0.15) is 0 Å². The van der Waals surface area contributed by atoms with Crippen LogP contribution in [-0.4, -0.2) is 29.2 Å². The Hall–Kier alpha value is -0.900. The van der Waals surface area contributed by atoms with Crippen LogP contribution >= 0.6 is 23.2 Å². The summed E-state index contributed by atoms with van der Waals surface area (Å²) < 4.78 is 0. The van der Waals surface area contributed by atoms with Crippen LogP contribution in [0.1, 0.15) is 5.56 Å². The fraction of sp³-hybridized carbons (Fsp3) is 0.200. The molecule has 0 saturated heterocycles. The molecule has 0 unspecified atom stereocenters. The van der Waals surface area contributed by atoms with Gasteiger partial charge in [0.25, 0.3) is 5.24 Å². The highest BCUT2D eigenvalue weighted by molar-refractivity contribution is 6.64. The van der Waals surface area contributed by atoms with Crippen LogP contribution in [0.4, 0.5) is 0 Å². The molecule has 5 heteroatoms. The SMILES string of the molecule is O=C(Cl)[C@@H](O)C/N=C/c1ccc(Cl)cc1. The standard InChI is InChI=1S/C10H9Cl2NO2/c11-8-3-1-7(2-4-8)5-13-6-9(14)10(12)15/h1-5,9,14H,6H2/b13-5+/t9-/m0/s1. The van der Waals surface area contributed by atoms with Gasteiger partial charge in [-0.1, -0.05) is 23.7 Å². The van der Waals surface area contributed by atoms with Gasteiger partial charge in [0, 0.05) is 11.2 Å². The lowest BCUT2D eigenvalue weighted by Crippen LogP contribution is -2.18. The summed E-state index contributed by atoms with van der Waals surface area (Å²) in [5, 5.41) is 8.87. The van der Waals surface area contributed by atoms with E-state index in [9.17, 15) is 4.79 Å². The van der Waals surface area contributed by atoms with Crippen LogP contribution in [0.15, 0.2) is 29.3 Å². The molecule has 1 atom stereocenters. The van der Waals surface area contributed by atoms with Crippen molar-refractivity contribution in [3.8, 4) is 0 Å². The average Bonchev–Trinajstić information content (AvgIpc) is 2.20. The van der Waals surface area contributed by atoms with E-state index in [1.165, 1.54) is 0 Å². The van der Waals surface area contributed by atoms with Crippen LogP contribution in [-0.2, 0) is 4.79 Å². The Morgan fingerprint density at radius 3 is 2.60 bits per heavy atom. The van der Waals surface area contributed by atoms with Gasteiger partial charge in [0.2, 0.25) is 0 Å². The second kappa shape index (κ2) is 5.85. The third-order valence-corrected chi connectivity index (χ3v) is 2.15. The largest absolute Gasteiger partial charge is 0.382 e. The number of hydrogen-bond acceptors (Lipinski definition) is 3. The highest BCUT2D eigenvalue weighted by Gasteiger charge is 2.09. The number of hydrogen-bond donors (Lipinski definition) is 1. The van der Waals surface area contributed by atoms with Gasteiger partial charge in [0.05, 0.1) is 6.54 Å². The first kappa shape index (κ1) is 12.2. The van der Waals surface area contributed by atoms with Crippen LogP contribution < -0.4 is 0 Å². The van der Waals surface area contributed by atoms with Gasteiger partial charge >= 0.3 is 0 Å². The van der Waals surface area contributed by atoms with Crippen molar-refractivity contribution in [2.45, 2.75) is 6.10 Å². The van der Waals surface area contributed by atoms with E-state index in [-0.39, 0.29) is 6.54 Å². The summed E-state index contributed by atoms with van der Waals surface area (Å²) in [5.74, 6) is 0. The van der Waals surface area contributed by atoms with Crippen molar-refractivity contribution in [2.75, 3.05) is 6.54 Å². The fourth-order valence-electron chi connectivity index (χ4n) is 0.879. The minimum atomic E-state index is -1.24. The first-order valence-electron chi connectivity index (χ1n) is 4.22. The highest BCUT2D eigenvalue weighted by Crippen LogP contribution is 2.07. The van der Waals surface area contributed by atoms with Crippen LogP contribution in [0.5, 0.6) is 0 Å². The molecule has 0 radical (unpaired) electrons. The second-order valence-electron chi connectivity index (χ2n) is 2.87. The normalized spacial score (nSPS) is 13.0. The summed E-state index contributed by atoms with van der Waals surface area (Å²) in [6.45, 7) is -0.0367. The van der Waals surface area contributed by atoms with Gasteiger partial charge in [-0.15, -0.1) is 0 Å². The van der Waals surface area contributed by atoms with Crippen LogP contribution in [0.25, 0.3) is 0 Å². The molecule has 1 N–H and O–H groups in total. The molecule has 1 aromatic rings. The van der Waals surface area contributed by atoms with Gasteiger partial charge < -0.3 is 5.11 Å². The van der Waals surface area contributed by atoms with Crippen molar-refractivity contribution in [1.82, 2.24) is 0 Å². The predicted octanol–water partition coefficient (Wildman–Crippen LogP) is 1.89. The van der Waals surface area contributed by atoms with E-state index in [1.807, 2.05) is 0 Å². The molecule has 0 saturated carbocycles. The summed E-state index contributed by atoms with van der Waals surface area (Å²) in [4.78, 5) is 14.3. The third-order valence-electron chi connectivity index (χ3n) is 1.65. The molecule has 0 heterocycles. The molecule has 80 valence electrons. The van der Waals surface area contributed by atoms with Crippen LogP contribution in [0.3, 0.4) is 0 Å². The molecule has 1 aromatic carbocycles. The van der Waals surface area contributed by atoms with Gasteiger partial charge in [0.1, 0.15) is 6.10 Å². The lowest BCUT2D eigenvalue weighted by atomic mass is 10.2. The topological polar surface area (TPSA) is 49.7 Å². The van der Waals surface area contributed by atoms with E-state index in [1.54, 1.807) is 30.5 Å². The van der Waals surface area contributed by atoms with Gasteiger partial charge in [-0.05, 0) is 29.3 Å². The highest BCUT2D eigenvalue weighted by atomic mass is 35.5. The van der Waals surface area contributed by atoms with E-state index in [4.69, 9.17) is 28.3 Å². The van der Waals surface area contributed by atoms with Crippen molar-refractivity contribution >= 4 is 34.7 Å². The molecule has 0 aliphatic rings. The maximum absolute atomic E-state index is 10.5. The van der Waals surface area contributed by atoms with E-state index in [0.717, 1.165) is 5.56 Å². The average molecular weight is 246 g/mol. The Morgan fingerprint density at radius 1 is 1.47 bits per heavy atom. The fourth-order valence-corrected chi connectivity index (χ4v) is 1.07. The minimum absolute atomic E-state index is 0.0367. The van der Waals surface area contributed by atoms with E-state index in [2.05, 4.69) is 4.99 Å². The Labute approximate surface area is 97.3 Å². The minimum Gasteiger partial charge on any atom is -0.382 e. The molecular formula is C10H9Cl2NO2. The Kier molecular flexibility index (Phi) is 4.75. The summed E-state index contributed by atoms with van der Waals surface area (Å²) >= 11 is 10.7. The van der Waals surface area contributed by atoms with E-state index >= 15 is 0 Å². The predicted molar refractivity (Wildman–Crippen MR) is 60.8 cm³/mol. The molecular weight excluding hydrogens is 237 g/mol. The van der Waals surface area contributed by atoms with Crippen molar-refractivity contribution in [2.24, 2.45) is 4.99 Å². The molecule has 0 fully saturated rings. The van der Waals surface area contributed by atoms with E-state index < -0.39 is 11.3 Å². The van der Waals surface area contributed by atoms with Crippen molar-refractivity contribution in [3.63, 3.8) is 0 Å². The Bertz CT molecular complexity index is 362. The van der Waals surface area contributed by atoms with Gasteiger partial charge in [-0.3, -0.25) is 9.79 Å². The van der Waals surface area contributed by atoms with Crippen LogP contribution in [0.2, 0.25) is 5.02 Å². The summed E-state index contributed by atoms with van der Waals surface area (Å²) in [6, 6.07) is 7.01. The number of rotatable bonds is 4. The maximum Gasteiger partial charge on any atom is 0.252 e. The van der Waals surface area contributed by atoms with Crippen molar-refractivity contribution in [3.05, 3.63) is 34.9 Å². The second-order valence-corrected chi connectivity index (χ2v) is 3.67. The molecule has 0 spiro atoms. The summed E-state index contributed by atoms with van der Waals surface area (Å²) in [5.41, 5.74) is 0.841. The van der Waals surface area contributed by atoms with Crippen molar-refractivity contribution in [1.29, 1.82) is 0 Å². The smallest absolute Gasteiger partial charge is 0.252 e. The zero-order chi connectivity index (χ0) is 11.3. The maximum atomic E-state index is 10.5. The number of carbonyl (C=O) groups is 1. The number of carbonyl (C=O) groups excluding carboxylic acids is 1. The molecule has 1 rings (SSSR count). The lowest BCUT2D eigenvalue weighted by molar-refractivity contribution is -0.118. The lowest BCUT2D eigenvalue weighted by Gasteiger charge is -1.99. The first-order chi connectivity index (χ1) is 7.09. The quantitative estimate of drug-likeness (QED) is 0.651. The third kappa shape index (κ3) is 4.42. The Morgan fingerprint density at radius 2 is 2.07 bits per heavy atom. The molecule has 0 aliphatic carbocycles.